The van der Waals surface area contributed by atoms with Crippen LogP contribution in [0, 0.1) is 0 Å². The molecule has 2 N–H and O–H groups in total. The fraction of sp³-hybridized carbons (Fsp3) is 0.259. The van der Waals surface area contributed by atoms with Crippen LogP contribution in [-0.2, 0) is 11.2 Å². The Morgan fingerprint density at radius 2 is 1.62 bits per heavy atom. The molecule has 2 atom stereocenters. The van der Waals surface area contributed by atoms with E-state index in [0.29, 0.717) is 11.1 Å². The van der Waals surface area contributed by atoms with Crippen LogP contribution in [0.5, 0.6) is 5.75 Å². The van der Waals surface area contributed by atoms with Gasteiger partial charge in [-0.1, -0.05) is 54.6 Å². The molecule has 5 nitrogen and oxygen atoms in total. The third-order valence-corrected chi connectivity index (χ3v) is 5.79. The maximum atomic E-state index is 13.8. The zero-order chi connectivity index (χ0) is 22.7. The maximum absolute atomic E-state index is 13.8. The first-order chi connectivity index (χ1) is 15.5. The lowest BCUT2D eigenvalue weighted by Gasteiger charge is -2.36. The van der Waals surface area contributed by atoms with Gasteiger partial charge in [-0.2, -0.15) is 0 Å². The highest BCUT2D eigenvalue weighted by Gasteiger charge is 2.39. The van der Waals surface area contributed by atoms with E-state index in [1.54, 1.807) is 17.0 Å². The molecule has 0 heterocycles. The Bertz CT molecular complexity index is 1100. The van der Waals surface area contributed by atoms with Gasteiger partial charge in [0.1, 0.15) is 11.8 Å². The summed E-state index contributed by atoms with van der Waals surface area (Å²) < 4.78 is 5.91. The van der Waals surface area contributed by atoms with E-state index in [9.17, 15) is 9.59 Å². The summed E-state index contributed by atoms with van der Waals surface area (Å²) in [6, 6.07) is 23.2. The monoisotopic (exact) mass is 428 g/mol. The number of fused-ring (bicyclic) bond motifs is 1. The number of carbonyl (C=O) groups is 2. The Hall–Kier alpha value is -3.60. The van der Waals surface area contributed by atoms with Crippen LogP contribution >= 0.6 is 0 Å². The van der Waals surface area contributed by atoms with Crippen molar-refractivity contribution >= 4 is 11.8 Å². The van der Waals surface area contributed by atoms with E-state index in [-0.39, 0.29) is 18.1 Å². The Labute approximate surface area is 188 Å². The molecule has 0 spiro atoms. The summed E-state index contributed by atoms with van der Waals surface area (Å²) in [7, 11) is 0. The van der Waals surface area contributed by atoms with Crippen molar-refractivity contribution in [2.24, 2.45) is 5.73 Å². The molecule has 1 aliphatic carbocycles. The number of amides is 2. The summed E-state index contributed by atoms with van der Waals surface area (Å²) in [5, 5.41) is 0. The largest absolute Gasteiger partial charge is 0.491 e. The first-order valence-corrected chi connectivity index (χ1v) is 11.0. The molecule has 0 aromatic heterocycles. The second-order valence-corrected chi connectivity index (χ2v) is 8.38. The van der Waals surface area contributed by atoms with Crippen molar-refractivity contribution in [3.05, 3.63) is 101 Å². The number of nitrogens with two attached hydrogens (primary N) is 1. The van der Waals surface area contributed by atoms with Crippen molar-refractivity contribution in [3.63, 3.8) is 0 Å². The minimum absolute atomic E-state index is 0.0395. The number of aryl methyl sites for hydroxylation is 1. The number of benzene rings is 3. The summed E-state index contributed by atoms with van der Waals surface area (Å²) in [6.45, 7) is 3.96. The minimum Gasteiger partial charge on any atom is -0.491 e. The SMILES string of the molecule is CC(C)Oc1ccc2c(c1)[C@H](N(C(=O)c1ccccc1)C(C(N)=O)c1ccccc1)CC2. The van der Waals surface area contributed by atoms with Gasteiger partial charge in [-0.25, -0.2) is 0 Å². The molecule has 0 fully saturated rings. The molecule has 164 valence electrons. The fourth-order valence-corrected chi connectivity index (χ4v) is 4.46. The number of nitrogens with zero attached hydrogens (tertiary/aromatic N) is 1. The molecule has 0 aliphatic heterocycles. The van der Waals surface area contributed by atoms with E-state index < -0.39 is 11.9 Å². The van der Waals surface area contributed by atoms with Gasteiger partial charge in [0, 0.05) is 5.56 Å². The third kappa shape index (κ3) is 4.37. The minimum atomic E-state index is -0.880. The van der Waals surface area contributed by atoms with Gasteiger partial charge in [-0.05, 0) is 67.6 Å². The van der Waals surface area contributed by atoms with Gasteiger partial charge < -0.3 is 15.4 Å². The molecule has 1 aliphatic rings. The number of ether oxygens (including phenoxy) is 1. The first-order valence-electron chi connectivity index (χ1n) is 11.0. The van der Waals surface area contributed by atoms with Gasteiger partial charge in [0.05, 0.1) is 12.1 Å². The summed E-state index contributed by atoms with van der Waals surface area (Å²) >= 11 is 0. The Kier molecular flexibility index (Phi) is 6.26. The molecule has 1 unspecified atom stereocenters. The van der Waals surface area contributed by atoms with Gasteiger partial charge in [-0.3, -0.25) is 9.59 Å². The molecular weight excluding hydrogens is 400 g/mol. The maximum Gasteiger partial charge on any atom is 0.255 e. The Morgan fingerprint density at radius 3 is 2.25 bits per heavy atom. The second-order valence-electron chi connectivity index (χ2n) is 8.38. The Morgan fingerprint density at radius 1 is 0.969 bits per heavy atom. The molecule has 5 heteroatoms. The highest BCUT2D eigenvalue weighted by atomic mass is 16.5. The third-order valence-electron chi connectivity index (χ3n) is 5.79. The van der Waals surface area contributed by atoms with Crippen LogP contribution in [0.4, 0.5) is 0 Å². The van der Waals surface area contributed by atoms with Crippen LogP contribution in [0.25, 0.3) is 0 Å². The van der Waals surface area contributed by atoms with Crippen molar-refractivity contribution in [2.75, 3.05) is 0 Å². The quantitative estimate of drug-likeness (QED) is 0.586. The standard InChI is InChI=1S/C27H28N2O3/c1-18(2)32-22-15-13-19-14-16-24(23(19)17-22)29(27(31)21-11-7-4-8-12-21)25(26(28)30)20-9-5-3-6-10-20/h3-13,15,17-18,24-25H,14,16H2,1-2H3,(H2,28,30)/t24-,25?/m1/s1. The molecule has 0 radical (unpaired) electrons. The lowest BCUT2D eigenvalue weighted by Crippen LogP contribution is -2.43. The number of carbonyl (C=O) groups excluding carboxylic acids is 2. The summed E-state index contributed by atoms with van der Waals surface area (Å²) in [5.74, 6) is -0.0112. The highest BCUT2D eigenvalue weighted by molar-refractivity contribution is 5.98. The zero-order valence-corrected chi connectivity index (χ0v) is 18.4. The van der Waals surface area contributed by atoms with Crippen LogP contribution in [0.3, 0.4) is 0 Å². The molecule has 0 saturated heterocycles. The van der Waals surface area contributed by atoms with Crippen molar-refractivity contribution in [1.82, 2.24) is 4.90 Å². The molecule has 2 amide bonds. The molecule has 3 aromatic rings. The topological polar surface area (TPSA) is 72.6 Å². The van der Waals surface area contributed by atoms with E-state index >= 15 is 0 Å². The molecule has 0 saturated carbocycles. The first kappa shape index (κ1) is 21.6. The van der Waals surface area contributed by atoms with Crippen LogP contribution in [0.15, 0.2) is 78.9 Å². The summed E-state index contributed by atoms with van der Waals surface area (Å²) in [4.78, 5) is 28.2. The molecule has 32 heavy (non-hydrogen) atoms. The predicted octanol–water partition coefficient (Wildman–Crippen LogP) is 4.83. The zero-order valence-electron chi connectivity index (χ0n) is 18.4. The van der Waals surface area contributed by atoms with E-state index in [1.165, 1.54) is 0 Å². The van der Waals surface area contributed by atoms with Gasteiger partial charge in [-0.15, -0.1) is 0 Å². The van der Waals surface area contributed by atoms with Gasteiger partial charge in [0.2, 0.25) is 5.91 Å². The highest BCUT2D eigenvalue weighted by Crippen LogP contribution is 2.42. The summed E-state index contributed by atoms with van der Waals surface area (Å²) in [5.41, 5.74) is 9.31. The predicted molar refractivity (Wildman–Crippen MR) is 124 cm³/mol. The van der Waals surface area contributed by atoms with Crippen LogP contribution in [0.2, 0.25) is 0 Å². The van der Waals surface area contributed by atoms with E-state index in [0.717, 1.165) is 29.7 Å². The van der Waals surface area contributed by atoms with E-state index in [4.69, 9.17) is 10.5 Å². The smallest absolute Gasteiger partial charge is 0.255 e. The van der Waals surface area contributed by atoms with Crippen LogP contribution < -0.4 is 10.5 Å². The second kappa shape index (κ2) is 9.27. The average Bonchev–Trinajstić information content (AvgIpc) is 3.20. The number of hydrogen-bond acceptors (Lipinski definition) is 3. The van der Waals surface area contributed by atoms with Gasteiger partial charge in [0.25, 0.3) is 5.91 Å². The molecule has 4 rings (SSSR count). The number of rotatable bonds is 7. The van der Waals surface area contributed by atoms with E-state index in [1.807, 2.05) is 74.5 Å². The van der Waals surface area contributed by atoms with Crippen molar-refractivity contribution in [3.8, 4) is 5.75 Å². The average molecular weight is 429 g/mol. The molecular formula is C27H28N2O3. The van der Waals surface area contributed by atoms with Crippen molar-refractivity contribution in [1.29, 1.82) is 0 Å². The lowest BCUT2D eigenvalue weighted by molar-refractivity contribution is -0.123. The Balaban J connectivity index is 1.83. The van der Waals surface area contributed by atoms with Crippen LogP contribution in [0.1, 0.15) is 59.4 Å². The van der Waals surface area contributed by atoms with E-state index in [2.05, 4.69) is 6.07 Å². The molecule has 3 aromatic carbocycles. The van der Waals surface area contributed by atoms with Crippen molar-refractivity contribution in [2.45, 2.75) is 44.9 Å². The molecule has 0 bridgehead atoms. The van der Waals surface area contributed by atoms with Gasteiger partial charge in [0.15, 0.2) is 0 Å². The fourth-order valence-electron chi connectivity index (χ4n) is 4.46. The number of primary amides is 1. The summed E-state index contributed by atoms with van der Waals surface area (Å²) in [6.07, 6.45) is 1.58. The number of hydrogen-bond donors (Lipinski definition) is 1. The van der Waals surface area contributed by atoms with Crippen LogP contribution in [-0.4, -0.2) is 22.8 Å². The lowest BCUT2D eigenvalue weighted by atomic mass is 9.98. The normalized spacial score (nSPS) is 15.8. The van der Waals surface area contributed by atoms with Crippen molar-refractivity contribution < 1.29 is 14.3 Å². The van der Waals surface area contributed by atoms with Gasteiger partial charge >= 0.3 is 0 Å².